The molecule has 67 heavy (non-hydrogen) atoms. The molecule has 0 fully saturated rings. The Morgan fingerprint density at radius 3 is 1.39 bits per heavy atom. The van der Waals surface area contributed by atoms with Crippen LogP contribution in [0, 0.1) is 0 Å². The second-order valence-corrected chi connectivity index (χ2v) is 16.6. The first-order chi connectivity index (χ1) is 31.9. The zero-order valence-corrected chi connectivity index (χ0v) is 35.1. The smallest absolute Gasteiger partial charge is 0.248 e. The summed E-state index contributed by atoms with van der Waals surface area (Å²) < 4.78 is 126. The SMILES string of the molecule is CC1(c2nc3cc(C(F)(F)F)ccc3nc2-c2cc(-c3nc4ccc(C(F)(F)F)cc4nc3C3=CCCC=C3)cc(-c3nc4ccc(C(F)(F)F)cc4nc3-c3ccccc3)c2)C=CC=CC1. The molecule has 0 N–H and O–H groups in total. The quantitative estimate of drug-likeness (QED) is 0.155. The largest absolute Gasteiger partial charge is 0.416 e. The van der Waals surface area contributed by atoms with E-state index >= 15 is 0 Å². The number of halogens is 9. The van der Waals surface area contributed by atoms with E-state index in [2.05, 4.69) is 0 Å². The van der Waals surface area contributed by atoms with E-state index in [9.17, 15) is 39.5 Å². The lowest BCUT2D eigenvalue weighted by molar-refractivity contribution is -0.138. The minimum Gasteiger partial charge on any atom is -0.248 e. The third-order valence-electron chi connectivity index (χ3n) is 11.8. The van der Waals surface area contributed by atoms with Crippen molar-refractivity contribution in [1.82, 2.24) is 29.9 Å². The van der Waals surface area contributed by atoms with Crippen LogP contribution < -0.4 is 0 Å². The first kappa shape index (κ1) is 43.3. The van der Waals surface area contributed by atoms with Crippen LogP contribution in [0.5, 0.6) is 0 Å². The molecular formula is C52H33F9N6. The van der Waals surface area contributed by atoms with Crippen LogP contribution in [-0.2, 0) is 23.9 Å². The number of nitrogens with zero attached hydrogens (tertiary/aromatic N) is 6. The first-order valence-electron chi connectivity index (χ1n) is 21.0. The van der Waals surface area contributed by atoms with Crippen LogP contribution >= 0.6 is 0 Å². The molecule has 3 heterocycles. The van der Waals surface area contributed by atoms with Gasteiger partial charge in [-0.1, -0.05) is 79.8 Å². The molecule has 1 atom stereocenters. The van der Waals surface area contributed by atoms with Gasteiger partial charge in [0, 0.05) is 27.7 Å². The van der Waals surface area contributed by atoms with Crippen molar-refractivity contribution in [2.75, 3.05) is 0 Å². The Labute approximate surface area is 376 Å². The summed E-state index contributed by atoms with van der Waals surface area (Å²) in [6, 6.07) is 23.4. The van der Waals surface area contributed by atoms with Gasteiger partial charge in [0.25, 0.3) is 0 Å². The van der Waals surface area contributed by atoms with E-state index in [-0.39, 0.29) is 55.9 Å². The van der Waals surface area contributed by atoms with Gasteiger partial charge in [0.1, 0.15) is 0 Å². The molecule has 2 aliphatic carbocycles. The van der Waals surface area contributed by atoms with Crippen LogP contribution in [0.4, 0.5) is 39.5 Å². The predicted molar refractivity (Wildman–Crippen MR) is 239 cm³/mol. The van der Waals surface area contributed by atoms with E-state index in [0.29, 0.717) is 52.1 Å². The van der Waals surface area contributed by atoms with Crippen LogP contribution in [0.15, 0.2) is 146 Å². The highest BCUT2D eigenvalue weighted by molar-refractivity contribution is 5.93. The Morgan fingerprint density at radius 1 is 0.433 bits per heavy atom. The van der Waals surface area contributed by atoms with Gasteiger partial charge in [-0.15, -0.1) is 0 Å². The van der Waals surface area contributed by atoms with Gasteiger partial charge in [-0.3, -0.25) is 0 Å². The molecule has 0 saturated carbocycles. The zero-order valence-electron chi connectivity index (χ0n) is 35.1. The lowest BCUT2D eigenvalue weighted by Gasteiger charge is -2.28. The molecule has 1 unspecified atom stereocenters. The summed E-state index contributed by atoms with van der Waals surface area (Å²) in [7, 11) is 0. The van der Waals surface area contributed by atoms with Gasteiger partial charge in [-0.05, 0) is 97.6 Å². The molecule has 3 aromatic heterocycles. The fourth-order valence-corrected chi connectivity index (χ4v) is 8.42. The molecule has 0 aliphatic heterocycles. The number of fused-ring (bicyclic) bond motifs is 3. The highest BCUT2D eigenvalue weighted by atomic mass is 19.4. The summed E-state index contributed by atoms with van der Waals surface area (Å²) in [6.07, 6.45) is 0.936. The summed E-state index contributed by atoms with van der Waals surface area (Å²) >= 11 is 0. The lowest BCUT2D eigenvalue weighted by Crippen LogP contribution is -2.23. The topological polar surface area (TPSA) is 77.3 Å². The standard InChI is InChI=1S/C52H33F9N6/c1-49(21-9-4-10-22-49)48-47(64-39-20-17-36(52(59,60)61)28-42(39)67-48)33-24-31(45-43(29-11-5-2-6-12-29)65-40-26-34(50(53,54)55)15-18-37(40)62-45)23-32(25-33)46-44(30-13-7-3-8-14-30)66-41-27-35(51(56,57)58)16-19-38(41)63-46/h2,4-7,9-21,23-28H,3,8,22H2,1H3. The average Bonchev–Trinajstić information content (AvgIpc) is 3.32. The number of hydrogen-bond acceptors (Lipinski definition) is 6. The minimum absolute atomic E-state index is 0.000728. The highest BCUT2D eigenvalue weighted by Gasteiger charge is 2.35. The van der Waals surface area contributed by atoms with Gasteiger partial charge >= 0.3 is 18.5 Å². The number of allylic oxidation sites excluding steroid dienone is 8. The Hall–Kier alpha value is -7.55. The maximum absolute atomic E-state index is 14.1. The van der Waals surface area contributed by atoms with Gasteiger partial charge in [0.05, 0.1) is 84.0 Å². The Morgan fingerprint density at radius 2 is 0.896 bits per heavy atom. The van der Waals surface area contributed by atoms with Crippen molar-refractivity contribution < 1.29 is 39.5 Å². The number of alkyl halides is 9. The average molecular weight is 913 g/mol. The second kappa shape index (κ2) is 16.1. The third-order valence-corrected chi connectivity index (χ3v) is 11.8. The molecule has 5 aromatic carbocycles. The fraction of sp³-hybridized carbons (Fsp3) is 0.154. The maximum Gasteiger partial charge on any atom is 0.416 e. The van der Waals surface area contributed by atoms with Gasteiger partial charge in [-0.2, -0.15) is 39.5 Å². The molecule has 8 aromatic rings. The van der Waals surface area contributed by atoms with E-state index < -0.39 is 40.6 Å². The van der Waals surface area contributed by atoms with Crippen LogP contribution in [0.1, 0.15) is 54.3 Å². The zero-order chi connectivity index (χ0) is 46.9. The minimum atomic E-state index is -4.66. The van der Waals surface area contributed by atoms with Crippen molar-refractivity contribution in [1.29, 1.82) is 0 Å². The van der Waals surface area contributed by atoms with Crippen molar-refractivity contribution in [3.8, 4) is 45.0 Å². The van der Waals surface area contributed by atoms with Crippen molar-refractivity contribution in [3.05, 3.63) is 174 Å². The normalized spacial score (nSPS) is 16.6. The molecule has 334 valence electrons. The van der Waals surface area contributed by atoms with E-state index in [4.69, 9.17) is 29.9 Å². The summed E-state index contributed by atoms with van der Waals surface area (Å²) in [5.41, 5.74) is 0.865. The van der Waals surface area contributed by atoms with E-state index in [1.165, 1.54) is 18.2 Å². The Kier molecular flexibility index (Phi) is 10.4. The number of aromatic nitrogens is 6. The highest BCUT2D eigenvalue weighted by Crippen LogP contribution is 2.44. The number of benzene rings is 5. The fourth-order valence-electron chi connectivity index (χ4n) is 8.42. The van der Waals surface area contributed by atoms with E-state index in [1.807, 2.05) is 49.5 Å². The molecule has 6 nitrogen and oxygen atoms in total. The summed E-state index contributed by atoms with van der Waals surface area (Å²) in [4.78, 5) is 29.5. The number of hydrogen-bond donors (Lipinski definition) is 0. The van der Waals surface area contributed by atoms with Gasteiger partial charge in [0.15, 0.2) is 0 Å². The molecule has 0 radical (unpaired) electrons. The molecule has 2 aliphatic rings. The lowest BCUT2D eigenvalue weighted by atomic mass is 9.78. The second-order valence-electron chi connectivity index (χ2n) is 16.6. The van der Waals surface area contributed by atoms with Gasteiger partial charge in [0.2, 0.25) is 0 Å². The first-order valence-corrected chi connectivity index (χ1v) is 21.0. The molecule has 0 amide bonds. The number of rotatable bonds is 6. The Balaban J connectivity index is 1.31. The van der Waals surface area contributed by atoms with Crippen LogP contribution in [0.25, 0.3) is 83.7 Å². The summed E-state index contributed by atoms with van der Waals surface area (Å²) in [6.45, 7) is 1.90. The summed E-state index contributed by atoms with van der Waals surface area (Å²) in [5, 5.41) is 0. The third kappa shape index (κ3) is 8.34. The van der Waals surface area contributed by atoms with Crippen LogP contribution in [0.2, 0.25) is 0 Å². The molecule has 0 spiro atoms. The van der Waals surface area contributed by atoms with Crippen LogP contribution in [-0.4, -0.2) is 29.9 Å². The van der Waals surface area contributed by atoms with Gasteiger partial charge in [-0.25, -0.2) is 29.9 Å². The van der Waals surface area contributed by atoms with Crippen molar-refractivity contribution >= 4 is 38.7 Å². The molecule has 0 bridgehead atoms. The van der Waals surface area contributed by atoms with Crippen molar-refractivity contribution in [3.63, 3.8) is 0 Å². The van der Waals surface area contributed by atoms with E-state index in [0.717, 1.165) is 42.8 Å². The molecule has 10 rings (SSSR count). The van der Waals surface area contributed by atoms with Crippen molar-refractivity contribution in [2.24, 2.45) is 0 Å². The molecule has 0 saturated heterocycles. The Bertz CT molecular complexity index is 3420. The van der Waals surface area contributed by atoms with E-state index in [1.54, 1.807) is 48.5 Å². The predicted octanol–water partition coefficient (Wildman–Crippen LogP) is 14.7. The van der Waals surface area contributed by atoms with Crippen molar-refractivity contribution in [2.45, 2.75) is 50.1 Å². The molecule has 15 heteroatoms. The maximum atomic E-state index is 14.1. The monoisotopic (exact) mass is 912 g/mol. The molecular weight excluding hydrogens is 880 g/mol. The van der Waals surface area contributed by atoms with Crippen LogP contribution in [0.3, 0.4) is 0 Å². The summed E-state index contributed by atoms with van der Waals surface area (Å²) in [5.74, 6) is 0. The van der Waals surface area contributed by atoms with Gasteiger partial charge < -0.3 is 0 Å².